The molecule has 1 rings (SSSR count). The van der Waals surface area contributed by atoms with Crippen molar-refractivity contribution >= 4 is 9.84 Å². The van der Waals surface area contributed by atoms with Gasteiger partial charge in [-0.25, -0.2) is 8.42 Å². The van der Waals surface area contributed by atoms with Gasteiger partial charge in [-0.15, -0.1) is 0 Å². The van der Waals surface area contributed by atoms with Crippen molar-refractivity contribution in [2.75, 3.05) is 5.75 Å². The molecule has 0 spiro atoms. The minimum absolute atomic E-state index is 0.232. The molecule has 0 saturated heterocycles. The highest BCUT2D eigenvalue weighted by atomic mass is 32.2. The van der Waals surface area contributed by atoms with Crippen LogP contribution in [0.4, 0.5) is 0 Å². The number of nitriles is 1. The fourth-order valence-electron chi connectivity index (χ4n) is 2.11. The molecule has 0 bridgehead atoms. The van der Waals surface area contributed by atoms with Crippen molar-refractivity contribution in [3.63, 3.8) is 0 Å². The Morgan fingerprint density at radius 2 is 2.00 bits per heavy atom. The molecule has 1 fully saturated rings. The van der Waals surface area contributed by atoms with Crippen LogP contribution in [0.15, 0.2) is 0 Å². The Morgan fingerprint density at radius 1 is 1.36 bits per heavy atom. The van der Waals surface area contributed by atoms with E-state index in [2.05, 4.69) is 6.07 Å². The summed E-state index contributed by atoms with van der Waals surface area (Å²) in [4.78, 5) is 0. The van der Waals surface area contributed by atoms with E-state index in [1.807, 2.05) is 6.92 Å². The van der Waals surface area contributed by atoms with Crippen LogP contribution < -0.4 is 0 Å². The third kappa shape index (κ3) is 2.48. The number of hydrogen-bond acceptors (Lipinski definition) is 3. The smallest absolute Gasteiger partial charge is 0.154 e. The summed E-state index contributed by atoms with van der Waals surface area (Å²) in [7, 11) is -3.02. The first-order chi connectivity index (χ1) is 6.61. The lowest BCUT2D eigenvalue weighted by Gasteiger charge is -2.26. The van der Waals surface area contributed by atoms with Crippen molar-refractivity contribution < 1.29 is 8.42 Å². The minimum Gasteiger partial charge on any atom is -0.229 e. The maximum absolute atomic E-state index is 11.8. The van der Waals surface area contributed by atoms with Crippen LogP contribution in [0.5, 0.6) is 0 Å². The second-order valence-electron chi connectivity index (χ2n) is 3.93. The molecule has 4 heteroatoms. The van der Waals surface area contributed by atoms with Gasteiger partial charge in [0.2, 0.25) is 0 Å². The molecule has 1 aliphatic rings. The summed E-state index contributed by atoms with van der Waals surface area (Å²) in [5.74, 6) is -0.0316. The Kier molecular flexibility index (Phi) is 3.94. The summed E-state index contributed by atoms with van der Waals surface area (Å²) in [6.45, 7) is 1.86. The van der Waals surface area contributed by atoms with Crippen LogP contribution in [0, 0.1) is 17.2 Å². The second-order valence-corrected chi connectivity index (χ2v) is 6.26. The molecule has 80 valence electrons. The second kappa shape index (κ2) is 4.79. The Balaban J connectivity index is 2.79. The van der Waals surface area contributed by atoms with E-state index in [1.54, 1.807) is 0 Å². The highest BCUT2D eigenvalue weighted by molar-refractivity contribution is 7.92. The van der Waals surface area contributed by atoms with Crippen molar-refractivity contribution in [1.29, 1.82) is 5.26 Å². The van der Waals surface area contributed by atoms with Crippen molar-refractivity contribution in [1.82, 2.24) is 0 Å². The van der Waals surface area contributed by atoms with E-state index in [9.17, 15) is 8.42 Å². The standard InChI is InChI=1S/C10H17NO2S/c1-2-7-14(12,13)10-6-4-3-5-9(10)8-11/h9-10H,2-7H2,1H3. The summed E-state index contributed by atoms with van der Waals surface area (Å²) in [5, 5.41) is 8.49. The lowest BCUT2D eigenvalue weighted by molar-refractivity contribution is 0.418. The van der Waals surface area contributed by atoms with Crippen molar-refractivity contribution in [3.8, 4) is 6.07 Å². The summed E-state index contributed by atoms with van der Waals surface area (Å²) < 4.78 is 23.6. The van der Waals surface area contributed by atoms with Gasteiger partial charge in [0.15, 0.2) is 9.84 Å². The first-order valence-corrected chi connectivity index (χ1v) is 6.94. The van der Waals surface area contributed by atoms with E-state index in [4.69, 9.17) is 5.26 Å². The third-order valence-electron chi connectivity index (χ3n) is 2.82. The van der Waals surface area contributed by atoms with E-state index in [0.29, 0.717) is 12.8 Å². The van der Waals surface area contributed by atoms with Crippen LogP contribution in [0.2, 0.25) is 0 Å². The average Bonchev–Trinajstić information content (AvgIpc) is 2.18. The van der Waals surface area contributed by atoms with Gasteiger partial charge in [0.25, 0.3) is 0 Å². The van der Waals surface area contributed by atoms with Crippen molar-refractivity contribution in [3.05, 3.63) is 0 Å². The molecule has 2 atom stereocenters. The lowest BCUT2D eigenvalue weighted by atomic mass is 9.90. The zero-order valence-electron chi connectivity index (χ0n) is 8.57. The van der Waals surface area contributed by atoms with E-state index in [1.165, 1.54) is 0 Å². The zero-order valence-corrected chi connectivity index (χ0v) is 9.39. The molecule has 14 heavy (non-hydrogen) atoms. The normalized spacial score (nSPS) is 28.3. The summed E-state index contributed by atoms with van der Waals surface area (Å²) in [6, 6.07) is 2.14. The van der Waals surface area contributed by atoms with E-state index < -0.39 is 9.84 Å². The quantitative estimate of drug-likeness (QED) is 0.722. The number of rotatable bonds is 3. The van der Waals surface area contributed by atoms with Gasteiger partial charge in [0.05, 0.1) is 23.0 Å². The number of nitrogens with zero attached hydrogens (tertiary/aromatic N) is 1. The molecule has 0 aromatic rings. The molecular formula is C10H17NO2S. The van der Waals surface area contributed by atoms with E-state index in [0.717, 1.165) is 19.3 Å². The summed E-state index contributed by atoms with van der Waals surface area (Å²) in [6.07, 6.45) is 4.03. The topological polar surface area (TPSA) is 57.9 Å². The molecule has 0 amide bonds. The molecule has 3 nitrogen and oxygen atoms in total. The van der Waals surface area contributed by atoms with Crippen LogP contribution in [0.25, 0.3) is 0 Å². The van der Waals surface area contributed by atoms with Gasteiger partial charge in [-0.1, -0.05) is 19.8 Å². The molecule has 0 radical (unpaired) electrons. The molecule has 0 aliphatic heterocycles. The summed E-state index contributed by atoms with van der Waals surface area (Å²) >= 11 is 0. The Hall–Kier alpha value is -0.560. The van der Waals surface area contributed by atoms with Gasteiger partial charge in [0, 0.05) is 0 Å². The van der Waals surface area contributed by atoms with Gasteiger partial charge in [-0.05, 0) is 19.3 Å². The number of hydrogen-bond donors (Lipinski definition) is 0. The Bertz CT molecular complexity index is 316. The first kappa shape index (κ1) is 11.5. The molecule has 0 aromatic carbocycles. The van der Waals surface area contributed by atoms with Gasteiger partial charge >= 0.3 is 0 Å². The number of sulfone groups is 1. The predicted octanol–water partition coefficient (Wildman–Crippen LogP) is 1.89. The fraction of sp³-hybridized carbons (Fsp3) is 0.900. The van der Waals surface area contributed by atoms with Gasteiger partial charge in [-0.2, -0.15) is 5.26 Å². The SMILES string of the molecule is CCCS(=O)(=O)C1CCCCC1C#N. The molecule has 0 aromatic heterocycles. The van der Waals surface area contributed by atoms with Crippen LogP contribution >= 0.6 is 0 Å². The highest BCUT2D eigenvalue weighted by Crippen LogP contribution is 2.29. The van der Waals surface area contributed by atoms with Crippen molar-refractivity contribution in [2.45, 2.75) is 44.3 Å². The van der Waals surface area contributed by atoms with Crippen LogP contribution in [0.1, 0.15) is 39.0 Å². The van der Waals surface area contributed by atoms with E-state index >= 15 is 0 Å². The minimum atomic E-state index is -3.02. The predicted molar refractivity (Wildman–Crippen MR) is 55.4 cm³/mol. The Morgan fingerprint density at radius 3 is 2.57 bits per heavy atom. The van der Waals surface area contributed by atoms with Crippen LogP contribution in [-0.2, 0) is 9.84 Å². The fourth-order valence-corrected chi connectivity index (χ4v) is 4.21. The third-order valence-corrected chi connectivity index (χ3v) is 5.28. The average molecular weight is 215 g/mol. The van der Waals surface area contributed by atoms with Gasteiger partial charge in [0.1, 0.15) is 0 Å². The molecular weight excluding hydrogens is 198 g/mol. The Labute approximate surface area is 86.0 Å². The first-order valence-electron chi connectivity index (χ1n) is 5.23. The van der Waals surface area contributed by atoms with Crippen molar-refractivity contribution in [2.24, 2.45) is 5.92 Å². The van der Waals surface area contributed by atoms with Gasteiger partial charge in [-0.3, -0.25) is 0 Å². The van der Waals surface area contributed by atoms with Crippen LogP contribution in [-0.4, -0.2) is 19.4 Å². The monoisotopic (exact) mass is 215 g/mol. The van der Waals surface area contributed by atoms with E-state index in [-0.39, 0.29) is 16.9 Å². The highest BCUT2D eigenvalue weighted by Gasteiger charge is 2.34. The largest absolute Gasteiger partial charge is 0.229 e. The maximum Gasteiger partial charge on any atom is 0.154 e. The lowest BCUT2D eigenvalue weighted by Crippen LogP contribution is -2.33. The zero-order chi connectivity index (χ0) is 10.6. The molecule has 0 heterocycles. The molecule has 1 aliphatic carbocycles. The maximum atomic E-state index is 11.8. The summed E-state index contributed by atoms with van der Waals surface area (Å²) in [5.41, 5.74) is 0. The van der Waals surface area contributed by atoms with Gasteiger partial charge < -0.3 is 0 Å². The molecule has 0 N–H and O–H groups in total. The molecule has 2 unspecified atom stereocenters. The van der Waals surface area contributed by atoms with Crippen LogP contribution in [0.3, 0.4) is 0 Å². The molecule has 1 saturated carbocycles.